The Morgan fingerprint density at radius 1 is 0.944 bits per heavy atom. The molecule has 0 aliphatic carbocycles. The molecule has 4 rings (SSSR count). The van der Waals surface area contributed by atoms with Crippen molar-refractivity contribution >= 4 is 38.6 Å². The number of rotatable bonds is 9. The van der Waals surface area contributed by atoms with Crippen molar-refractivity contribution in [1.82, 2.24) is 14.8 Å². The number of hydrogen-bond donors (Lipinski definition) is 1. The molecule has 3 aromatic carbocycles. The van der Waals surface area contributed by atoms with Gasteiger partial charge in [-0.2, -0.15) is 0 Å². The number of para-hydroxylation sites is 1. The summed E-state index contributed by atoms with van der Waals surface area (Å²) in [6.45, 7) is 7.04. The van der Waals surface area contributed by atoms with E-state index < -0.39 is 0 Å². The zero-order chi connectivity index (χ0) is 25.7. The minimum atomic E-state index is -0.141. The number of nitrogens with zero attached hydrogens (tertiary/aromatic N) is 2. The fraction of sp³-hybridized carbons (Fsp3) is 0.267. The number of fused-ring (bicyclic) bond motifs is 1. The highest BCUT2D eigenvalue weighted by atomic mass is 79.9. The van der Waals surface area contributed by atoms with Crippen LogP contribution in [0.25, 0.3) is 10.9 Å². The molecule has 0 fully saturated rings. The average molecular weight is 547 g/mol. The molecule has 0 aliphatic rings. The van der Waals surface area contributed by atoms with Crippen molar-refractivity contribution in [2.24, 2.45) is 0 Å². The lowest BCUT2D eigenvalue weighted by Crippen LogP contribution is -2.46. The lowest BCUT2D eigenvalue weighted by atomic mass is 10.1. The second-order valence-electron chi connectivity index (χ2n) is 9.44. The Morgan fingerprint density at radius 3 is 2.33 bits per heavy atom. The van der Waals surface area contributed by atoms with Gasteiger partial charge in [0.2, 0.25) is 5.91 Å². The fourth-order valence-electron chi connectivity index (χ4n) is 4.29. The third kappa shape index (κ3) is 6.24. The van der Waals surface area contributed by atoms with Crippen LogP contribution in [0.4, 0.5) is 0 Å². The summed E-state index contributed by atoms with van der Waals surface area (Å²) in [7, 11) is 0. The molecular weight excluding hydrogens is 514 g/mol. The molecule has 0 aliphatic heterocycles. The summed E-state index contributed by atoms with van der Waals surface area (Å²) in [4.78, 5) is 33.8. The van der Waals surface area contributed by atoms with Crippen LogP contribution in [0.1, 0.15) is 40.9 Å². The van der Waals surface area contributed by atoms with E-state index in [1.807, 2.05) is 49.2 Å². The van der Waals surface area contributed by atoms with Crippen LogP contribution >= 0.6 is 15.9 Å². The first-order chi connectivity index (χ1) is 17.3. The summed E-state index contributed by atoms with van der Waals surface area (Å²) in [5.74, 6) is -0.202. The van der Waals surface area contributed by atoms with Crippen molar-refractivity contribution in [1.29, 1.82) is 0 Å². The Labute approximate surface area is 221 Å². The smallest absolute Gasteiger partial charge is 0.254 e. The van der Waals surface area contributed by atoms with Gasteiger partial charge in [0.1, 0.15) is 6.54 Å². The number of aromatic amines is 1. The molecule has 0 saturated heterocycles. The Bertz CT molecular complexity index is 1330. The van der Waals surface area contributed by atoms with Gasteiger partial charge in [-0.3, -0.25) is 9.59 Å². The zero-order valence-corrected chi connectivity index (χ0v) is 22.6. The van der Waals surface area contributed by atoms with Crippen molar-refractivity contribution in [3.63, 3.8) is 0 Å². The van der Waals surface area contributed by atoms with Crippen LogP contribution in [0.15, 0.2) is 83.5 Å². The Balaban J connectivity index is 1.54. The number of carbonyl (C=O) groups is 2. The van der Waals surface area contributed by atoms with Crippen molar-refractivity contribution in [3.05, 3.63) is 106 Å². The lowest BCUT2D eigenvalue weighted by Gasteiger charge is -2.30. The molecule has 0 saturated carbocycles. The molecule has 1 heterocycles. The monoisotopic (exact) mass is 545 g/mol. The first-order valence-electron chi connectivity index (χ1n) is 12.3. The molecule has 2 amide bonds. The SMILES string of the molecule is Cc1ccc(CN(CCc2c[nH]c3ccccc23)C(=O)CN(C(=O)c2ccc(Br)cc2)C(C)C)cc1. The highest BCUT2D eigenvalue weighted by Gasteiger charge is 2.25. The standard InChI is InChI=1S/C30H32BrN3O2/c1-21(2)34(30(36)24-12-14-26(31)15-13-24)20-29(35)33(19-23-10-8-22(3)9-11-23)17-16-25-18-32-28-7-5-4-6-27(25)28/h4-15,18,21,32H,16-17,19-20H2,1-3H3. The Morgan fingerprint density at radius 2 is 1.64 bits per heavy atom. The van der Waals surface area contributed by atoms with Gasteiger partial charge in [-0.05, 0) is 68.7 Å². The number of halogens is 1. The number of hydrogen-bond acceptors (Lipinski definition) is 2. The molecular formula is C30H32BrN3O2. The third-order valence-electron chi connectivity index (χ3n) is 6.45. The number of amides is 2. The van der Waals surface area contributed by atoms with Gasteiger partial charge in [0.25, 0.3) is 5.91 Å². The molecule has 1 N–H and O–H groups in total. The van der Waals surface area contributed by atoms with Crippen LogP contribution < -0.4 is 0 Å². The molecule has 0 bridgehead atoms. The third-order valence-corrected chi connectivity index (χ3v) is 6.98. The average Bonchev–Trinajstić information content (AvgIpc) is 3.29. The second kappa shape index (κ2) is 11.6. The molecule has 0 unspecified atom stereocenters. The number of aryl methyl sites for hydroxylation is 1. The molecule has 36 heavy (non-hydrogen) atoms. The minimum absolute atomic E-state index is 0.0340. The maximum Gasteiger partial charge on any atom is 0.254 e. The molecule has 186 valence electrons. The van der Waals surface area contributed by atoms with Gasteiger partial charge in [0, 0.05) is 46.3 Å². The van der Waals surface area contributed by atoms with Crippen LogP contribution in [-0.4, -0.2) is 45.7 Å². The van der Waals surface area contributed by atoms with Gasteiger partial charge in [-0.1, -0.05) is 64.0 Å². The van der Waals surface area contributed by atoms with Crippen molar-refractivity contribution in [2.45, 2.75) is 39.8 Å². The summed E-state index contributed by atoms with van der Waals surface area (Å²) in [5.41, 5.74) is 5.10. The molecule has 0 spiro atoms. The van der Waals surface area contributed by atoms with E-state index in [-0.39, 0.29) is 24.4 Å². The van der Waals surface area contributed by atoms with Gasteiger partial charge < -0.3 is 14.8 Å². The largest absolute Gasteiger partial charge is 0.361 e. The topological polar surface area (TPSA) is 56.4 Å². The van der Waals surface area contributed by atoms with Crippen LogP contribution in [0.3, 0.4) is 0 Å². The number of nitrogens with one attached hydrogen (secondary N) is 1. The molecule has 5 nitrogen and oxygen atoms in total. The fourth-order valence-corrected chi connectivity index (χ4v) is 4.56. The second-order valence-corrected chi connectivity index (χ2v) is 10.4. The minimum Gasteiger partial charge on any atom is -0.361 e. The predicted octanol–water partition coefficient (Wildman–Crippen LogP) is 6.36. The summed E-state index contributed by atoms with van der Waals surface area (Å²) in [6.07, 6.45) is 2.75. The Hall–Kier alpha value is -3.38. The van der Waals surface area contributed by atoms with Gasteiger partial charge in [-0.25, -0.2) is 0 Å². The Kier molecular flexibility index (Phi) is 8.26. The number of aromatic nitrogens is 1. The normalized spacial score (nSPS) is 11.1. The van der Waals surface area contributed by atoms with E-state index in [0.717, 1.165) is 22.0 Å². The molecule has 0 atom stereocenters. The molecule has 6 heteroatoms. The number of carbonyl (C=O) groups excluding carboxylic acids is 2. The van der Waals surface area contributed by atoms with E-state index in [1.165, 1.54) is 16.5 Å². The van der Waals surface area contributed by atoms with Gasteiger partial charge in [0.15, 0.2) is 0 Å². The van der Waals surface area contributed by atoms with E-state index in [2.05, 4.69) is 64.2 Å². The predicted molar refractivity (Wildman–Crippen MR) is 149 cm³/mol. The first-order valence-corrected chi connectivity index (χ1v) is 13.1. The van der Waals surface area contributed by atoms with Crippen LogP contribution in [0, 0.1) is 6.92 Å². The highest BCUT2D eigenvalue weighted by Crippen LogP contribution is 2.20. The zero-order valence-electron chi connectivity index (χ0n) is 21.0. The molecule has 4 aromatic rings. The quantitative estimate of drug-likeness (QED) is 0.266. The highest BCUT2D eigenvalue weighted by molar-refractivity contribution is 9.10. The summed E-state index contributed by atoms with van der Waals surface area (Å²) in [6, 6.07) is 23.6. The van der Waals surface area contributed by atoms with Crippen molar-refractivity contribution in [2.75, 3.05) is 13.1 Å². The maximum absolute atomic E-state index is 13.7. The van der Waals surface area contributed by atoms with Crippen LogP contribution in [-0.2, 0) is 17.8 Å². The molecule has 1 aromatic heterocycles. The van der Waals surface area contributed by atoms with Crippen molar-refractivity contribution < 1.29 is 9.59 Å². The first kappa shape index (κ1) is 25.7. The van der Waals surface area contributed by atoms with Gasteiger partial charge >= 0.3 is 0 Å². The van der Waals surface area contributed by atoms with E-state index in [9.17, 15) is 9.59 Å². The van der Waals surface area contributed by atoms with Crippen molar-refractivity contribution in [3.8, 4) is 0 Å². The van der Waals surface area contributed by atoms with E-state index in [1.54, 1.807) is 17.0 Å². The molecule has 0 radical (unpaired) electrons. The van der Waals surface area contributed by atoms with E-state index in [0.29, 0.717) is 18.7 Å². The number of H-pyrrole nitrogens is 1. The maximum atomic E-state index is 13.7. The lowest BCUT2D eigenvalue weighted by molar-refractivity contribution is -0.132. The summed E-state index contributed by atoms with van der Waals surface area (Å²) in [5, 5.41) is 1.18. The van der Waals surface area contributed by atoms with Gasteiger partial charge in [-0.15, -0.1) is 0 Å². The number of benzene rings is 3. The van der Waals surface area contributed by atoms with E-state index in [4.69, 9.17) is 0 Å². The van der Waals surface area contributed by atoms with Gasteiger partial charge in [0.05, 0.1) is 0 Å². The van der Waals surface area contributed by atoms with Crippen LogP contribution in [0.5, 0.6) is 0 Å². The summed E-state index contributed by atoms with van der Waals surface area (Å²) >= 11 is 3.42. The summed E-state index contributed by atoms with van der Waals surface area (Å²) < 4.78 is 0.910. The van der Waals surface area contributed by atoms with E-state index >= 15 is 0 Å². The van der Waals surface area contributed by atoms with Crippen LogP contribution in [0.2, 0.25) is 0 Å².